The lowest BCUT2D eigenvalue weighted by molar-refractivity contribution is -0.152. The van der Waals surface area contributed by atoms with Gasteiger partial charge < -0.3 is 30.3 Å². The van der Waals surface area contributed by atoms with Crippen LogP contribution >= 0.6 is 0 Å². The fourth-order valence-electron chi connectivity index (χ4n) is 5.09. The molecule has 2 amide bonds. The molecule has 3 aliphatic rings. The number of carbonyl (C=O) groups is 2. The molecule has 10 heteroatoms. The van der Waals surface area contributed by atoms with Crippen LogP contribution in [0.15, 0.2) is 42.4 Å². The lowest BCUT2D eigenvalue weighted by Crippen LogP contribution is -2.51. The predicted molar refractivity (Wildman–Crippen MR) is 126 cm³/mol. The zero-order chi connectivity index (χ0) is 23.7. The number of rotatable bonds is 6. The molecule has 0 aromatic carbocycles. The number of nitrogens with one attached hydrogen (secondary N) is 2. The van der Waals surface area contributed by atoms with E-state index in [-0.39, 0.29) is 11.8 Å². The van der Waals surface area contributed by atoms with Crippen molar-refractivity contribution in [1.82, 2.24) is 25.2 Å². The summed E-state index contributed by atoms with van der Waals surface area (Å²) in [7, 11) is 0. The van der Waals surface area contributed by atoms with E-state index in [0.717, 1.165) is 54.8 Å². The molecule has 0 bridgehead atoms. The molecule has 5 rings (SSSR count). The van der Waals surface area contributed by atoms with Crippen molar-refractivity contribution in [3.05, 3.63) is 42.4 Å². The van der Waals surface area contributed by atoms with Crippen LogP contribution in [0.1, 0.15) is 19.3 Å². The number of piperidine rings is 1. The van der Waals surface area contributed by atoms with E-state index in [4.69, 9.17) is 0 Å². The highest BCUT2D eigenvalue weighted by Crippen LogP contribution is 2.29. The van der Waals surface area contributed by atoms with Crippen LogP contribution in [0.4, 0.5) is 5.82 Å². The summed E-state index contributed by atoms with van der Waals surface area (Å²) >= 11 is 0. The number of allylic oxidation sites excluding steroid dienone is 3. The summed E-state index contributed by atoms with van der Waals surface area (Å²) in [5.74, 6) is 0.0792. The van der Waals surface area contributed by atoms with Gasteiger partial charge in [0.05, 0.1) is 5.39 Å². The molecule has 1 aliphatic carbocycles. The van der Waals surface area contributed by atoms with E-state index in [9.17, 15) is 19.8 Å². The smallest absolute Gasteiger partial charge is 0.255 e. The lowest BCUT2D eigenvalue weighted by atomic mass is 9.95. The maximum atomic E-state index is 12.7. The van der Waals surface area contributed by atoms with Gasteiger partial charge in [0.1, 0.15) is 17.8 Å². The quantitative estimate of drug-likeness (QED) is 0.483. The van der Waals surface area contributed by atoms with Gasteiger partial charge in [0, 0.05) is 44.8 Å². The molecular weight excluding hydrogens is 436 g/mol. The molecule has 1 unspecified atom stereocenters. The van der Waals surface area contributed by atoms with Gasteiger partial charge in [0.2, 0.25) is 0 Å². The van der Waals surface area contributed by atoms with Crippen LogP contribution in [0.25, 0.3) is 11.0 Å². The molecule has 34 heavy (non-hydrogen) atoms. The molecule has 10 nitrogen and oxygen atoms in total. The highest BCUT2D eigenvalue weighted by Gasteiger charge is 2.38. The third-order valence-electron chi connectivity index (χ3n) is 7.15. The van der Waals surface area contributed by atoms with Gasteiger partial charge in [0.25, 0.3) is 11.8 Å². The monoisotopic (exact) mass is 466 g/mol. The Hall–Kier alpha value is -3.24. The van der Waals surface area contributed by atoms with Gasteiger partial charge in [-0.05, 0) is 36.8 Å². The first kappa shape index (κ1) is 22.5. The fourth-order valence-corrected chi connectivity index (χ4v) is 5.09. The van der Waals surface area contributed by atoms with Crippen molar-refractivity contribution >= 4 is 28.7 Å². The van der Waals surface area contributed by atoms with Crippen LogP contribution in [-0.2, 0) is 9.59 Å². The van der Waals surface area contributed by atoms with Crippen LogP contribution in [0, 0.1) is 11.8 Å². The van der Waals surface area contributed by atoms with Gasteiger partial charge >= 0.3 is 0 Å². The number of hydrogen-bond acceptors (Lipinski definition) is 7. The molecule has 4 N–H and O–H groups in total. The Kier molecular flexibility index (Phi) is 6.34. The van der Waals surface area contributed by atoms with Gasteiger partial charge in [-0.3, -0.25) is 9.59 Å². The van der Waals surface area contributed by atoms with E-state index in [1.165, 1.54) is 4.90 Å². The number of likely N-dealkylation sites (tertiary alicyclic amines) is 1. The zero-order valence-corrected chi connectivity index (χ0v) is 18.9. The van der Waals surface area contributed by atoms with Crippen LogP contribution in [-0.4, -0.2) is 86.8 Å². The number of aliphatic hydroxyl groups is 2. The summed E-state index contributed by atoms with van der Waals surface area (Å²) in [4.78, 5) is 40.6. The summed E-state index contributed by atoms with van der Waals surface area (Å²) < 4.78 is 0. The average Bonchev–Trinajstić information content (AvgIpc) is 3.53. The Bertz CT molecular complexity index is 1120. The number of fused-ring (bicyclic) bond motifs is 2. The number of aromatic amines is 1. The first-order valence-corrected chi connectivity index (χ1v) is 11.8. The number of amides is 2. The van der Waals surface area contributed by atoms with Gasteiger partial charge in [-0.15, -0.1) is 0 Å². The highest BCUT2D eigenvalue weighted by atomic mass is 16.3. The molecule has 4 heterocycles. The zero-order valence-electron chi connectivity index (χ0n) is 18.9. The Morgan fingerprint density at radius 3 is 2.82 bits per heavy atom. The van der Waals surface area contributed by atoms with E-state index in [0.29, 0.717) is 19.6 Å². The Labute approximate surface area is 197 Å². The second-order valence-electron chi connectivity index (χ2n) is 9.32. The third-order valence-corrected chi connectivity index (χ3v) is 7.15. The van der Waals surface area contributed by atoms with E-state index in [1.54, 1.807) is 6.33 Å². The average molecular weight is 467 g/mol. The molecule has 2 fully saturated rings. The number of H-pyrrole nitrogens is 1. The topological polar surface area (TPSA) is 135 Å². The third kappa shape index (κ3) is 4.43. The van der Waals surface area contributed by atoms with Crippen molar-refractivity contribution in [3.63, 3.8) is 0 Å². The predicted octanol–water partition coefficient (Wildman–Crippen LogP) is 0.357. The minimum atomic E-state index is -1.79. The summed E-state index contributed by atoms with van der Waals surface area (Å²) in [5.41, 5.74) is 1.95. The molecule has 2 aromatic heterocycles. The Balaban J connectivity index is 1.09. The summed E-state index contributed by atoms with van der Waals surface area (Å²) in [6, 6.07) is 1.97. The van der Waals surface area contributed by atoms with E-state index in [1.807, 2.05) is 24.4 Å². The van der Waals surface area contributed by atoms with Crippen molar-refractivity contribution in [3.8, 4) is 0 Å². The van der Waals surface area contributed by atoms with Crippen LogP contribution < -0.4 is 10.2 Å². The summed E-state index contributed by atoms with van der Waals surface area (Å²) in [6.45, 7) is 2.91. The van der Waals surface area contributed by atoms with Crippen molar-refractivity contribution in [2.75, 3.05) is 37.6 Å². The Morgan fingerprint density at radius 1 is 1.21 bits per heavy atom. The second kappa shape index (κ2) is 9.55. The number of aromatic nitrogens is 3. The minimum absolute atomic E-state index is 0.241. The summed E-state index contributed by atoms with van der Waals surface area (Å²) in [6.07, 6.45) is 8.44. The van der Waals surface area contributed by atoms with Crippen LogP contribution in [0.3, 0.4) is 0 Å². The van der Waals surface area contributed by atoms with Gasteiger partial charge in [-0.2, -0.15) is 0 Å². The largest absolute Gasteiger partial charge is 0.380 e. The highest BCUT2D eigenvalue weighted by molar-refractivity contribution is 5.91. The number of hydrogen-bond donors (Lipinski definition) is 4. The van der Waals surface area contributed by atoms with E-state index < -0.39 is 24.0 Å². The van der Waals surface area contributed by atoms with E-state index >= 15 is 0 Å². The standard InChI is InChI=1S/C24H30N6O4/c31-19(20(32)24(34)30-12-16-3-1-2-4-17(16)13-30)23(33)26-11-15-6-9-29(10-7-15)22-18-5-8-25-21(18)27-14-28-22/h1-3,5,8,14-15,17,19-20,31-32H,4,6-7,9-13H2,(H,26,33)(H,25,27,28)/t17?,19-,20-/m1/s1. The molecule has 2 aromatic rings. The number of anilines is 1. The molecule has 3 atom stereocenters. The number of nitrogens with zero attached hydrogens (tertiary/aromatic N) is 4. The summed E-state index contributed by atoms with van der Waals surface area (Å²) in [5, 5.41) is 24.4. The lowest BCUT2D eigenvalue weighted by Gasteiger charge is -2.33. The maximum absolute atomic E-state index is 12.7. The van der Waals surface area contributed by atoms with Crippen LogP contribution in [0.5, 0.6) is 0 Å². The van der Waals surface area contributed by atoms with Gasteiger partial charge in [-0.25, -0.2) is 9.97 Å². The van der Waals surface area contributed by atoms with Crippen molar-refractivity contribution in [2.24, 2.45) is 11.8 Å². The van der Waals surface area contributed by atoms with Crippen molar-refractivity contribution in [2.45, 2.75) is 31.5 Å². The minimum Gasteiger partial charge on any atom is -0.380 e. The van der Waals surface area contributed by atoms with Crippen molar-refractivity contribution in [1.29, 1.82) is 0 Å². The molecule has 2 aliphatic heterocycles. The van der Waals surface area contributed by atoms with Crippen molar-refractivity contribution < 1.29 is 19.8 Å². The molecule has 0 spiro atoms. The van der Waals surface area contributed by atoms with Crippen LogP contribution in [0.2, 0.25) is 0 Å². The fraction of sp³-hybridized carbons (Fsp3) is 0.500. The maximum Gasteiger partial charge on any atom is 0.255 e. The normalized spacial score (nSPS) is 22.4. The number of aliphatic hydroxyl groups excluding tert-OH is 2. The molecular formula is C24H30N6O4. The van der Waals surface area contributed by atoms with Gasteiger partial charge in [0.15, 0.2) is 12.2 Å². The molecule has 0 radical (unpaired) electrons. The Morgan fingerprint density at radius 2 is 2.03 bits per heavy atom. The molecule has 180 valence electrons. The SMILES string of the molecule is O=C(NCC1CCN(c2ncnc3[nH]ccc23)CC1)[C@H](O)[C@@H](O)C(=O)N1CC2=CC=CCC2C1. The molecule has 0 saturated carbocycles. The molecule has 2 saturated heterocycles. The second-order valence-corrected chi connectivity index (χ2v) is 9.32. The van der Waals surface area contributed by atoms with E-state index in [2.05, 4.69) is 31.2 Å². The first-order valence-electron chi connectivity index (χ1n) is 11.8. The number of carbonyl (C=O) groups excluding carboxylic acids is 2. The van der Waals surface area contributed by atoms with Gasteiger partial charge in [-0.1, -0.05) is 18.2 Å². The first-order chi connectivity index (χ1) is 16.5.